The standard InChI is InChI=1S/C40H43NO4/c1-28(2)45-34-19-17-31(18-20-34)25-39(41)40(42,35-23-29(3)15-21-37(35)43-26-32-11-7-5-8-12-32)36-24-30(4)16-22-38(36)44-27-33-13-9-6-10-14-33/h5-24,28,39,42H,25-27,41H2,1-4H3. The van der Waals surface area contributed by atoms with Crippen LogP contribution in [0.5, 0.6) is 17.2 Å². The Balaban J connectivity index is 1.59. The lowest BCUT2D eigenvalue weighted by Crippen LogP contribution is -2.48. The molecule has 0 heterocycles. The third-order valence-electron chi connectivity index (χ3n) is 7.85. The highest BCUT2D eigenvalue weighted by Crippen LogP contribution is 2.44. The van der Waals surface area contributed by atoms with Gasteiger partial charge in [0.1, 0.15) is 36.1 Å². The predicted octanol–water partition coefficient (Wildman–Crippen LogP) is 8.05. The van der Waals surface area contributed by atoms with E-state index < -0.39 is 11.6 Å². The van der Waals surface area contributed by atoms with Crippen molar-refractivity contribution in [1.82, 2.24) is 0 Å². The Morgan fingerprint density at radius 2 is 1.09 bits per heavy atom. The summed E-state index contributed by atoms with van der Waals surface area (Å²) in [7, 11) is 0. The third-order valence-corrected chi connectivity index (χ3v) is 7.85. The van der Waals surface area contributed by atoms with Crippen molar-refractivity contribution in [3.63, 3.8) is 0 Å². The molecule has 0 radical (unpaired) electrons. The minimum atomic E-state index is -1.66. The van der Waals surface area contributed by atoms with Crippen LogP contribution in [0.4, 0.5) is 0 Å². The SMILES string of the molecule is Cc1ccc(OCc2ccccc2)c(C(O)(c2cc(C)ccc2OCc2ccccc2)C(N)Cc2ccc(OC(C)C)cc2)c1. The van der Waals surface area contributed by atoms with Crippen molar-refractivity contribution in [2.75, 3.05) is 0 Å². The molecule has 0 saturated carbocycles. The van der Waals surface area contributed by atoms with Crippen LogP contribution in [0.15, 0.2) is 121 Å². The van der Waals surface area contributed by atoms with E-state index in [1.165, 1.54) is 0 Å². The van der Waals surface area contributed by atoms with Crippen LogP contribution in [0.25, 0.3) is 0 Å². The van der Waals surface area contributed by atoms with Crippen LogP contribution in [-0.4, -0.2) is 17.3 Å². The lowest BCUT2D eigenvalue weighted by molar-refractivity contribution is 0.0447. The van der Waals surface area contributed by atoms with Crippen LogP contribution in [-0.2, 0) is 25.2 Å². The van der Waals surface area contributed by atoms with Gasteiger partial charge >= 0.3 is 0 Å². The molecule has 1 unspecified atom stereocenters. The van der Waals surface area contributed by atoms with Gasteiger partial charge in [-0.15, -0.1) is 0 Å². The van der Waals surface area contributed by atoms with Crippen molar-refractivity contribution >= 4 is 0 Å². The van der Waals surface area contributed by atoms with E-state index in [9.17, 15) is 5.11 Å². The van der Waals surface area contributed by atoms with Gasteiger partial charge in [0.05, 0.1) is 6.10 Å². The van der Waals surface area contributed by atoms with E-state index in [1.807, 2.05) is 149 Å². The van der Waals surface area contributed by atoms with E-state index in [-0.39, 0.29) is 6.10 Å². The van der Waals surface area contributed by atoms with Crippen molar-refractivity contribution in [2.45, 2.75) is 65.1 Å². The molecule has 5 aromatic carbocycles. The predicted molar refractivity (Wildman–Crippen MR) is 181 cm³/mol. The van der Waals surface area contributed by atoms with Crippen molar-refractivity contribution in [3.8, 4) is 17.2 Å². The van der Waals surface area contributed by atoms with Crippen LogP contribution in [0.3, 0.4) is 0 Å². The number of nitrogens with two attached hydrogens (primary N) is 1. The lowest BCUT2D eigenvalue weighted by Gasteiger charge is -2.37. The normalized spacial score (nSPS) is 12.2. The van der Waals surface area contributed by atoms with Gasteiger partial charge in [-0.2, -0.15) is 0 Å². The molecule has 0 spiro atoms. The Labute approximate surface area is 267 Å². The molecule has 5 nitrogen and oxygen atoms in total. The zero-order chi connectivity index (χ0) is 31.8. The number of ether oxygens (including phenoxy) is 3. The van der Waals surface area contributed by atoms with E-state index in [0.717, 1.165) is 33.6 Å². The molecule has 232 valence electrons. The first-order chi connectivity index (χ1) is 21.7. The monoisotopic (exact) mass is 601 g/mol. The summed E-state index contributed by atoms with van der Waals surface area (Å²) < 4.78 is 18.7. The minimum Gasteiger partial charge on any atom is -0.491 e. The molecule has 5 aromatic rings. The van der Waals surface area contributed by atoms with Crippen molar-refractivity contribution in [3.05, 3.63) is 160 Å². The second-order valence-electron chi connectivity index (χ2n) is 11.9. The fraction of sp³-hybridized carbons (Fsp3) is 0.250. The average molecular weight is 602 g/mol. The molecule has 0 fully saturated rings. The van der Waals surface area contributed by atoms with Crippen molar-refractivity contribution < 1.29 is 19.3 Å². The number of aliphatic hydroxyl groups is 1. The Bertz CT molecular complexity index is 1570. The molecular formula is C40H43NO4. The Kier molecular flexibility index (Phi) is 10.2. The maximum Gasteiger partial charge on any atom is 0.137 e. The molecule has 0 aliphatic heterocycles. The summed E-state index contributed by atoms with van der Waals surface area (Å²) in [5.74, 6) is 1.93. The Morgan fingerprint density at radius 1 is 0.622 bits per heavy atom. The summed E-state index contributed by atoms with van der Waals surface area (Å²) in [6, 6.07) is 38.9. The summed E-state index contributed by atoms with van der Waals surface area (Å²) in [5.41, 5.74) is 11.7. The van der Waals surface area contributed by atoms with Crippen LogP contribution in [0, 0.1) is 13.8 Å². The van der Waals surface area contributed by atoms with Gasteiger partial charge in [-0.05, 0) is 87.2 Å². The first-order valence-electron chi connectivity index (χ1n) is 15.5. The fourth-order valence-electron chi connectivity index (χ4n) is 5.53. The number of aryl methyl sites for hydroxylation is 2. The molecule has 0 aliphatic carbocycles. The van der Waals surface area contributed by atoms with E-state index in [2.05, 4.69) is 0 Å². The minimum absolute atomic E-state index is 0.0782. The lowest BCUT2D eigenvalue weighted by atomic mass is 9.76. The molecule has 45 heavy (non-hydrogen) atoms. The van der Waals surface area contributed by atoms with Crippen molar-refractivity contribution in [2.24, 2.45) is 5.73 Å². The molecule has 0 amide bonds. The molecule has 0 aromatic heterocycles. The molecule has 5 rings (SSSR count). The highest BCUT2D eigenvalue weighted by atomic mass is 16.5. The highest BCUT2D eigenvalue weighted by molar-refractivity contribution is 5.53. The number of benzene rings is 5. The largest absolute Gasteiger partial charge is 0.491 e. The maximum atomic E-state index is 13.2. The van der Waals surface area contributed by atoms with Crippen LogP contribution < -0.4 is 19.9 Å². The first kappa shape index (κ1) is 31.8. The second kappa shape index (κ2) is 14.5. The quantitative estimate of drug-likeness (QED) is 0.143. The molecule has 0 bridgehead atoms. The number of hydrogen-bond acceptors (Lipinski definition) is 5. The molecule has 1 atom stereocenters. The van der Waals surface area contributed by atoms with Gasteiger partial charge in [0.15, 0.2) is 0 Å². The summed E-state index contributed by atoms with van der Waals surface area (Å²) >= 11 is 0. The van der Waals surface area contributed by atoms with Crippen LogP contribution in [0.2, 0.25) is 0 Å². The van der Waals surface area contributed by atoms with Gasteiger partial charge in [-0.1, -0.05) is 96.1 Å². The second-order valence-corrected chi connectivity index (χ2v) is 11.9. The first-order valence-corrected chi connectivity index (χ1v) is 15.5. The molecule has 5 heteroatoms. The van der Waals surface area contributed by atoms with Gasteiger partial charge in [0.2, 0.25) is 0 Å². The van der Waals surface area contributed by atoms with Crippen LogP contribution >= 0.6 is 0 Å². The number of hydrogen-bond donors (Lipinski definition) is 2. The number of rotatable bonds is 13. The van der Waals surface area contributed by atoms with E-state index in [4.69, 9.17) is 19.9 Å². The maximum absolute atomic E-state index is 13.2. The van der Waals surface area contributed by atoms with E-state index >= 15 is 0 Å². The molecule has 0 aliphatic rings. The summed E-state index contributed by atoms with van der Waals surface area (Å²) in [5, 5.41) is 13.2. The van der Waals surface area contributed by atoms with Gasteiger partial charge < -0.3 is 25.1 Å². The highest BCUT2D eigenvalue weighted by Gasteiger charge is 2.43. The third kappa shape index (κ3) is 7.93. The van der Waals surface area contributed by atoms with Gasteiger partial charge in [-0.25, -0.2) is 0 Å². The van der Waals surface area contributed by atoms with Gasteiger partial charge in [-0.3, -0.25) is 0 Å². The molecule has 0 saturated heterocycles. The van der Waals surface area contributed by atoms with E-state index in [0.29, 0.717) is 42.3 Å². The molecular weight excluding hydrogens is 558 g/mol. The van der Waals surface area contributed by atoms with Gasteiger partial charge in [0.25, 0.3) is 0 Å². The zero-order valence-corrected chi connectivity index (χ0v) is 26.6. The Morgan fingerprint density at radius 3 is 1.53 bits per heavy atom. The summed E-state index contributed by atoms with van der Waals surface area (Å²) in [6.45, 7) is 8.72. The van der Waals surface area contributed by atoms with E-state index in [1.54, 1.807) is 0 Å². The van der Waals surface area contributed by atoms with Crippen LogP contribution in [0.1, 0.15) is 52.8 Å². The van der Waals surface area contributed by atoms with Gasteiger partial charge in [0, 0.05) is 17.2 Å². The summed E-state index contributed by atoms with van der Waals surface area (Å²) in [4.78, 5) is 0. The fourth-order valence-corrected chi connectivity index (χ4v) is 5.53. The smallest absolute Gasteiger partial charge is 0.137 e. The molecule has 3 N–H and O–H groups in total. The topological polar surface area (TPSA) is 73.9 Å². The average Bonchev–Trinajstić information content (AvgIpc) is 3.04. The van der Waals surface area contributed by atoms with Crippen molar-refractivity contribution in [1.29, 1.82) is 0 Å². The Hall–Kier alpha value is -4.58. The summed E-state index contributed by atoms with van der Waals surface area (Å²) in [6.07, 6.45) is 0.478. The zero-order valence-electron chi connectivity index (χ0n) is 26.6.